The summed E-state index contributed by atoms with van der Waals surface area (Å²) < 4.78 is 18.8. The van der Waals surface area contributed by atoms with Crippen LogP contribution in [0.4, 0.5) is 4.39 Å². The van der Waals surface area contributed by atoms with E-state index < -0.39 is 5.82 Å². The van der Waals surface area contributed by atoms with Gasteiger partial charge >= 0.3 is 0 Å². The maximum absolute atomic E-state index is 13.9. The zero-order valence-corrected chi connectivity index (χ0v) is 14.4. The van der Waals surface area contributed by atoms with Crippen molar-refractivity contribution in [2.45, 2.75) is 18.8 Å². The first-order valence-corrected chi connectivity index (χ1v) is 8.58. The number of fused-ring (bicyclic) bond motifs is 1. The van der Waals surface area contributed by atoms with Crippen molar-refractivity contribution >= 4 is 16.9 Å². The number of hydrogen-bond acceptors (Lipinski definition) is 4. The largest absolute Gasteiger partial charge is 0.494 e. The minimum absolute atomic E-state index is 0.134. The van der Waals surface area contributed by atoms with Gasteiger partial charge in [-0.2, -0.15) is 5.10 Å². The zero-order chi connectivity index (χ0) is 18.1. The standard InChI is InChI=1S/C19H19FN4O2/c1-26-17-7-5-12(9-15(17)20)19(25)24-8-2-3-14(11-24)16-6-4-13-10-21-23-18(13)22-16/h4-7,9-10,14H,2-3,8,11H2,1H3,(H,21,22,23)/t14-/m0/s1. The van der Waals surface area contributed by atoms with Crippen molar-refractivity contribution < 1.29 is 13.9 Å². The fourth-order valence-corrected chi connectivity index (χ4v) is 3.45. The van der Waals surface area contributed by atoms with Crippen molar-refractivity contribution in [1.82, 2.24) is 20.1 Å². The number of ether oxygens (including phenoxy) is 1. The van der Waals surface area contributed by atoms with E-state index in [0.29, 0.717) is 18.7 Å². The van der Waals surface area contributed by atoms with Crippen LogP contribution in [0.3, 0.4) is 0 Å². The van der Waals surface area contributed by atoms with Gasteiger partial charge in [0.25, 0.3) is 5.91 Å². The molecule has 1 atom stereocenters. The van der Waals surface area contributed by atoms with Crippen LogP contribution in [0.5, 0.6) is 5.75 Å². The molecule has 0 bridgehead atoms. The molecule has 0 radical (unpaired) electrons. The molecule has 7 heteroatoms. The lowest BCUT2D eigenvalue weighted by Crippen LogP contribution is -2.39. The first-order valence-electron chi connectivity index (χ1n) is 8.58. The molecule has 4 rings (SSSR count). The number of hydrogen-bond donors (Lipinski definition) is 1. The molecule has 1 amide bonds. The number of nitrogens with one attached hydrogen (secondary N) is 1. The summed E-state index contributed by atoms with van der Waals surface area (Å²) in [5.74, 6) is -0.407. The molecule has 3 aromatic rings. The van der Waals surface area contributed by atoms with Gasteiger partial charge < -0.3 is 9.64 Å². The molecule has 0 aliphatic carbocycles. The number of amides is 1. The van der Waals surface area contributed by atoms with Gasteiger partial charge in [-0.3, -0.25) is 9.89 Å². The normalized spacial score (nSPS) is 17.5. The van der Waals surface area contributed by atoms with Crippen molar-refractivity contribution in [2.24, 2.45) is 0 Å². The third kappa shape index (κ3) is 3.00. The van der Waals surface area contributed by atoms with Gasteiger partial charge in [0.1, 0.15) is 0 Å². The van der Waals surface area contributed by atoms with E-state index in [4.69, 9.17) is 4.74 Å². The predicted octanol–water partition coefficient (Wildman–Crippen LogP) is 3.13. The second kappa shape index (κ2) is 6.74. The van der Waals surface area contributed by atoms with Crippen LogP contribution >= 0.6 is 0 Å². The molecule has 6 nitrogen and oxygen atoms in total. The zero-order valence-electron chi connectivity index (χ0n) is 14.4. The van der Waals surface area contributed by atoms with E-state index in [1.165, 1.54) is 19.2 Å². The van der Waals surface area contributed by atoms with Crippen LogP contribution in [-0.4, -0.2) is 46.2 Å². The highest BCUT2D eigenvalue weighted by Crippen LogP contribution is 2.28. The van der Waals surface area contributed by atoms with Crippen molar-refractivity contribution in [1.29, 1.82) is 0 Å². The molecule has 1 aromatic carbocycles. The molecule has 0 unspecified atom stereocenters. The number of nitrogens with zero attached hydrogens (tertiary/aromatic N) is 3. The molecule has 134 valence electrons. The number of likely N-dealkylation sites (tertiary alicyclic amines) is 1. The number of piperidine rings is 1. The Morgan fingerprint density at radius 2 is 2.23 bits per heavy atom. The Balaban J connectivity index is 1.54. The number of aromatic amines is 1. The van der Waals surface area contributed by atoms with E-state index >= 15 is 0 Å². The topological polar surface area (TPSA) is 71.1 Å². The monoisotopic (exact) mass is 354 g/mol. The maximum atomic E-state index is 13.9. The maximum Gasteiger partial charge on any atom is 0.253 e. The van der Waals surface area contributed by atoms with E-state index in [0.717, 1.165) is 29.6 Å². The summed E-state index contributed by atoms with van der Waals surface area (Å²) in [7, 11) is 1.40. The van der Waals surface area contributed by atoms with Gasteiger partial charge in [0.05, 0.1) is 13.3 Å². The summed E-state index contributed by atoms with van der Waals surface area (Å²) in [6.07, 6.45) is 3.59. The van der Waals surface area contributed by atoms with Gasteiger partial charge in [-0.1, -0.05) is 0 Å². The number of rotatable bonds is 3. The van der Waals surface area contributed by atoms with Gasteiger partial charge in [0.15, 0.2) is 17.2 Å². The number of benzene rings is 1. The fourth-order valence-electron chi connectivity index (χ4n) is 3.45. The average Bonchev–Trinajstić information content (AvgIpc) is 3.15. The van der Waals surface area contributed by atoms with Crippen LogP contribution in [0.15, 0.2) is 36.5 Å². The number of H-pyrrole nitrogens is 1. The highest BCUT2D eigenvalue weighted by atomic mass is 19.1. The average molecular weight is 354 g/mol. The summed E-state index contributed by atoms with van der Waals surface area (Å²) >= 11 is 0. The van der Waals surface area contributed by atoms with Crippen LogP contribution in [-0.2, 0) is 0 Å². The van der Waals surface area contributed by atoms with Crippen LogP contribution in [0.1, 0.15) is 34.8 Å². The van der Waals surface area contributed by atoms with Gasteiger partial charge in [0, 0.05) is 35.7 Å². The molecule has 3 heterocycles. The molecule has 26 heavy (non-hydrogen) atoms. The van der Waals surface area contributed by atoms with E-state index in [9.17, 15) is 9.18 Å². The van der Waals surface area contributed by atoms with E-state index in [2.05, 4.69) is 15.2 Å². The molecule has 1 saturated heterocycles. The molecule has 1 fully saturated rings. The Bertz CT molecular complexity index is 956. The molecule has 1 aliphatic heterocycles. The van der Waals surface area contributed by atoms with Gasteiger partial charge in [-0.05, 0) is 43.2 Å². The Morgan fingerprint density at radius 3 is 3.04 bits per heavy atom. The number of carbonyl (C=O) groups is 1. The predicted molar refractivity (Wildman–Crippen MR) is 94.7 cm³/mol. The van der Waals surface area contributed by atoms with E-state index in [1.807, 2.05) is 12.1 Å². The Kier molecular flexibility index (Phi) is 4.28. The van der Waals surface area contributed by atoms with Gasteiger partial charge in [-0.25, -0.2) is 9.37 Å². The van der Waals surface area contributed by atoms with Crippen LogP contribution in [0.25, 0.3) is 11.0 Å². The quantitative estimate of drug-likeness (QED) is 0.784. The summed E-state index contributed by atoms with van der Waals surface area (Å²) in [5, 5.41) is 7.84. The second-order valence-electron chi connectivity index (χ2n) is 6.48. The third-order valence-corrected chi connectivity index (χ3v) is 4.85. The summed E-state index contributed by atoms with van der Waals surface area (Å²) in [4.78, 5) is 19.2. The molecule has 1 aliphatic rings. The van der Waals surface area contributed by atoms with Crippen LogP contribution in [0.2, 0.25) is 0 Å². The summed E-state index contributed by atoms with van der Waals surface area (Å²) in [5.41, 5.74) is 2.03. The number of aromatic nitrogens is 3. The van der Waals surface area contributed by atoms with E-state index in [-0.39, 0.29) is 17.6 Å². The summed E-state index contributed by atoms with van der Waals surface area (Å²) in [6, 6.07) is 8.30. The number of pyridine rings is 1. The molecule has 1 N–H and O–H groups in total. The molecular weight excluding hydrogens is 335 g/mol. The van der Waals surface area contributed by atoms with Gasteiger partial charge in [-0.15, -0.1) is 0 Å². The van der Waals surface area contributed by atoms with E-state index in [1.54, 1.807) is 17.2 Å². The van der Waals surface area contributed by atoms with Crippen molar-refractivity contribution in [2.75, 3.05) is 20.2 Å². The smallest absolute Gasteiger partial charge is 0.253 e. The lowest BCUT2D eigenvalue weighted by molar-refractivity contribution is 0.0705. The Morgan fingerprint density at radius 1 is 1.35 bits per heavy atom. The molecule has 0 spiro atoms. The highest BCUT2D eigenvalue weighted by molar-refractivity contribution is 5.94. The first-order chi connectivity index (χ1) is 12.7. The van der Waals surface area contributed by atoms with Crippen LogP contribution in [0, 0.1) is 5.82 Å². The van der Waals surface area contributed by atoms with Crippen molar-refractivity contribution in [3.63, 3.8) is 0 Å². The minimum atomic E-state index is -0.529. The SMILES string of the molecule is COc1ccc(C(=O)N2CCC[C@H](c3ccc4cn[nH]c4n3)C2)cc1F. The lowest BCUT2D eigenvalue weighted by atomic mass is 9.93. The molecule has 0 saturated carbocycles. The Hall–Kier alpha value is -2.96. The second-order valence-corrected chi connectivity index (χ2v) is 6.48. The summed E-state index contributed by atoms with van der Waals surface area (Å²) in [6.45, 7) is 1.23. The minimum Gasteiger partial charge on any atom is -0.494 e. The Labute approximate surface area is 150 Å². The van der Waals surface area contributed by atoms with Crippen LogP contribution < -0.4 is 4.74 Å². The molecular formula is C19H19FN4O2. The first kappa shape index (κ1) is 16.5. The van der Waals surface area contributed by atoms with Gasteiger partial charge in [0.2, 0.25) is 0 Å². The fraction of sp³-hybridized carbons (Fsp3) is 0.316. The number of carbonyl (C=O) groups excluding carboxylic acids is 1. The lowest BCUT2D eigenvalue weighted by Gasteiger charge is -2.32. The van der Waals surface area contributed by atoms with Crippen molar-refractivity contribution in [3.8, 4) is 5.75 Å². The number of methoxy groups -OCH3 is 1. The molecule has 2 aromatic heterocycles. The highest BCUT2D eigenvalue weighted by Gasteiger charge is 2.27. The van der Waals surface area contributed by atoms with Crippen molar-refractivity contribution in [3.05, 3.63) is 53.6 Å². The third-order valence-electron chi connectivity index (χ3n) is 4.85. The number of halogens is 1.